The Hall–Kier alpha value is -1.64. The lowest BCUT2D eigenvalue weighted by atomic mass is 9.74. The molecule has 0 bridgehead atoms. The van der Waals surface area contributed by atoms with Gasteiger partial charge in [0.2, 0.25) is 5.78 Å². The third-order valence-corrected chi connectivity index (χ3v) is 4.56. The number of furan rings is 1. The third kappa shape index (κ3) is 2.50. The first kappa shape index (κ1) is 14.3. The number of benzene rings is 1. The molecule has 1 saturated carbocycles. The summed E-state index contributed by atoms with van der Waals surface area (Å²) in [6, 6.07) is 6.48. The number of hydrogen-bond acceptors (Lipinski definition) is 2. The van der Waals surface area contributed by atoms with Crippen molar-refractivity contribution in [3.8, 4) is 0 Å². The van der Waals surface area contributed by atoms with Crippen LogP contribution in [0.1, 0.15) is 56.5 Å². The number of halogens is 1. The van der Waals surface area contributed by atoms with Crippen molar-refractivity contribution in [2.45, 2.75) is 46.0 Å². The molecule has 0 atom stereocenters. The Labute approximate surface area is 124 Å². The van der Waals surface area contributed by atoms with Gasteiger partial charge in [0.05, 0.1) is 0 Å². The van der Waals surface area contributed by atoms with Gasteiger partial charge in [-0.05, 0) is 37.3 Å². The second-order valence-electron chi connectivity index (χ2n) is 6.68. The van der Waals surface area contributed by atoms with Crippen LogP contribution < -0.4 is 0 Å². The van der Waals surface area contributed by atoms with Gasteiger partial charge in [0.25, 0.3) is 0 Å². The van der Waals surface area contributed by atoms with Crippen molar-refractivity contribution in [1.82, 2.24) is 0 Å². The fourth-order valence-corrected chi connectivity index (χ4v) is 3.76. The fourth-order valence-electron chi connectivity index (χ4n) is 3.76. The molecule has 3 heteroatoms. The summed E-state index contributed by atoms with van der Waals surface area (Å²) in [5, 5.41) is 0.663. The zero-order valence-corrected chi connectivity index (χ0v) is 12.6. The molecule has 1 aliphatic carbocycles. The maximum absolute atomic E-state index is 13.7. The summed E-state index contributed by atoms with van der Waals surface area (Å²) in [6.07, 6.45) is 4.90. The van der Waals surface area contributed by atoms with E-state index in [-0.39, 0.29) is 16.8 Å². The van der Waals surface area contributed by atoms with Crippen LogP contribution in [0.25, 0.3) is 11.0 Å². The first-order chi connectivity index (χ1) is 10.0. The second kappa shape index (κ2) is 5.28. The van der Waals surface area contributed by atoms with Crippen LogP contribution in [-0.2, 0) is 0 Å². The topological polar surface area (TPSA) is 30.2 Å². The number of fused-ring (bicyclic) bond motifs is 1. The lowest BCUT2D eigenvalue weighted by Crippen LogP contribution is -2.29. The molecule has 0 amide bonds. The van der Waals surface area contributed by atoms with Gasteiger partial charge in [-0.2, -0.15) is 0 Å². The largest absolute Gasteiger partial charge is 0.450 e. The highest BCUT2D eigenvalue weighted by molar-refractivity contribution is 6.01. The van der Waals surface area contributed by atoms with Crippen LogP contribution in [0, 0.1) is 17.2 Å². The number of carbonyl (C=O) groups excluding carboxylic acids is 1. The van der Waals surface area contributed by atoms with Crippen LogP contribution in [0.5, 0.6) is 0 Å². The molecule has 0 unspecified atom stereocenters. The molecule has 112 valence electrons. The van der Waals surface area contributed by atoms with E-state index in [0.29, 0.717) is 17.1 Å². The Kier molecular flexibility index (Phi) is 3.60. The van der Waals surface area contributed by atoms with Gasteiger partial charge >= 0.3 is 0 Å². The summed E-state index contributed by atoms with van der Waals surface area (Å²) in [7, 11) is 0. The Balaban J connectivity index is 2.00. The van der Waals surface area contributed by atoms with Gasteiger partial charge in [-0.1, -0.05) is 38.8 Å². The van der Waals surface area contributed by atoms with Crippen molar-refractivity contribution in [2.24, 2.45) is 11.3 Å². The Bertz CT molecular complexity index is 663. The van der Waals surface area contributed by atoms with E-state index < -0.39 is 5.82 Å². The van der Waals surface area contributed by atoms with Gasteiger partial charge < -0.3 is 4.42 Å². The van der Waals surface area contributed by atoms with Gasteiger partial charge in [0, 0.05) is 10.8 Å². The predicted molar refractivity (Wildman–Crippen MR) is 80.9 cm³/mol. The zero-order chi connectivity index (χ0) is 15.0. The maximum Gasteiger partial charge on any atom is 0.204 e. The van der Waals surface area contributed by atoms with Crippen molar-refractivity contribution in [3.05, 3.63) is 35.8 Å². The molecular weight excluding hydrogens is 267 g/mol. The van der Waals surface area contributed by atoms with E-state index in [4.69, 9.17) is 4.42 Å². The minimum atomic E-state index is -0.407. The zero-order valence-electron chi connectivity index (χ0n) is 12.6. The van der Waals surface area contributed by atoms with Crippen LogP contribution in [0.2, 0.25) is 0 Å². The van der Waals surface area contributed by atoms with Crippen molar-refractivity contribution in [3.63, 3.8) is 0 Å². The van der Waals surface area contributed by atoms with Gasteiger partial charge in [0.1, 0.15) is 0 Å². The normalized spacial score (nSPS) is 17.7. The minimum Gasteiger partial charge on any atom is -0.450 e. The molecule has 2 aromatic rings. The van der Waals surface area contributed by atoms with E-state index in [1.807, 2.05) is 0 Å². The van der Waals surface area contributed by atoms with Crippen LogP contribution >= 0.6 is 0 Å². The van der Waals surface area contributed by atoms with E-state index in [1.165, 1.54) is 6.07 Å². The quantitative estimate of drug-likeness (QED) is 0.709. The molecule has 1 aliphatic rings. The third-order valence-electron chi connectivity index (χ3n) is 4.56. The molecule has 0 saturated heterocycles. The lowest BCUT2D eigenvalue weighted by molar-refractivity contribution is 0.0731. The Morgan fingerprint density at radius 1 is 1.33 bits per heavy atom. The molecule has 3 rings (SSSR count). The first-order valence-corrected chi connectivity index (χ1v) is 7.75. The van der Waals surface area contributed by atoms with E-state index in [2.05, 4.69) is 13.8 Å². The first-order valence-electron chi connectivity index (χ1n) is 7.75. The van der Waals surface area contributed by atoms with Gasteiger partial charge in [0.15, 0.2) is 17.2 Å². The molecule has 21 heavy (non-hydrogen) atoms. The molecule has 1 aromatic carbocycles. The Morgan fingerprint density at radius 3 is 2.67 bits per heavy atom. The Morgan fingerprint density at radius 2 is 2.05 bits per heavy atom. The molecule has 0 aliphatic heterocycles. The van der Waals surface area contributed by atoms with E-state index in [0.717, 1.165) is 32.1 Å². The fraction of sp³-hybridized carbons (Fsp3) is 0.500. The predicted octanol–water partition coefficient (Wildman–Crippen LogP) is 5.36. The summed E-state index contributed by atoms with van der Waals surface area (Å²) >= 11 is 0. The molecule has 0 radical (unpaired) electrons. The number of ketones is 1. The smallest absolute Gasteiger partial charge is 0.204 e. The van der Waals surface area contributed by atoms with Gasteiger partial charge in [-0.3, -0.25) is 4.79 Å². The molecule has 0 spiro atoms. The van der Waals surface area contributed by atoms with Crippen LogP contribution in [0.15, 0.2) is 28.7 Å². The van der Waals surface area contributed by atoms with Crippen molar-refractivity contribution in [2.75, 3.05) is 0 Å². The molecule has 1 aromatic heterocycles. The molecular formula is C18H21FO2. The van der Waals surface area contributed by atoms with Crippen LogP contribution in [-0.4, -0.2) is 5.78 Å². The van der Waals surface area contributed by atoms with E-state index >= 15 is 0 Å². The van der Waals surface area contributed by atoms with Crippen molar-refractivity contribution in [1.29, 1.82) is 0 Å². The minimum absolute atomic E-state index is 0.0595. The highest BCUT2D eigenvalue weighted by atomic mass is 19.1. The van der Waals surface area contributed by atoms with Crippen LogP contribution in [0.4, 0.5) is 4.39 Å². The highest BCUT2D eigenvalue weighted by Gasteiger charge is 2.43. The van der Waals surface area contributed by atoms with Gasteiger partial charge in [-0.15, -0.1) is 0 Å². The average molecular weight is 288 g/mol. The van der Waals surface area contributed by atoms with Gasteiger partial charge in [-0.25, -0.2) is 4.39 Å². The summed E-state index contributed by atoms with van der Waals surface area (Å²) < 4.78 is 19.3. The number of Topliss-reactive ketones (excluding diaryl/α,β-unsaturated/α-hetero) is 1. The highest BCUT2D eigenvalue weighted by Crippen LogP contribution is 2.46. The van der Waals surface area contributed by atoms with E-state index in [9.17, 15) is 9.18 Å². The SMILES string of the molecule is CC(C)CC1(C(=O)c2cc3cccc(F)c3o2)CCCC1. The van der Waals surface area contributed by atoms with Crippen molar-refractivity contribution < 1.29 is 13.6 Å². The summed E-state index contributed by atoms with van der Waals surface area (Å²) in [6.45, 7) is 4.29. The maximum atomic E-state index is 13.7. The molecule has 1 heterocycles. The van der Waals surface area contributed by atoms with Crippen molar-refractivity contribution >= 4 is 16.8 Å². The number of para-hydroxylation sites is 1. The average Bonchev–Trinajstić information content (AvgIpc) is 3.05. The molecule has 1 fully saturated rings. The second-order valence-corrected chi connectivity index (χ2v) is 6.68. The number of hydrogen-bond donors (Lipinski definition) is 0. The standard InChI is InChI=1S/C18H21FO2/c1-12(2)11-18(8-3-4-9-18)17(20)15-10-13-6-5-7-14(19)16(13)21-15/h5-7,10,12H,3-4,8-9,11H2,1-2H3. The summed E-state index contributed by atoms with van der Waals surface area (Å²) in [5.41, 5.74) is -0.114. The summed E-state index contributed by atoms with van der Waals surface area (Å²) in [5.74, 6) is 0.436. The number of rotatable bonds is 4. The monoisotopic (exact) mass is 288 g/mol. The number of carbonyl (C=O) groups is 1. The van der Waals surface area contributed by atoms with E-state index in [1.54, 1.807) is 18.2 Å². The van der Waals surface area contributed by atoms with Crippen LogP contribution in [0.3, 0.4) is 0 Å². The lowest BCUT2D eigenvalue weighted by Gasteiger charge is -2.28. The summed E-state index contributed by atoms with van der Waals surface area (Å²) in [4.78, 5) is 13.0. The molecule has 0 N–H and O–H groups in total. The molecule has 2 nitrogen and oxygen atoms in total.